The molecule has 0 unspecified atom stereocenters. The fourth-order valence-electron chi connectivity index (χ4n) is 0.858. The van der Waals surface area contributed by atoms with Gasteiger partial charge in [-0.15, -0.1) is 0 Å². The lowest BCUT2D eigenvalue weighted by atomic mass is 9.98. The molecule has 0 spiro atoms. The van der Waals surface area contributed by atoms with Crippen molar-refractivity contribution in [3.63, 3.8) is 0 Å². The third-order valence-electron chi connectivity index (χ3n) is 1.33. The first-order valence-electron chi connectivity index (χ1n) is 3.77. The summed E-state index contributed by atoms with van der Waals surface area (Å²) in [6.07, 6.45) is 0. The van der Waals surface area contributed by atoms with Gasteiger partial charge in [-0.1, -0.05) is 0 Å². The summed E-state index contributed by atoms with van der Waals surface area (Å²) in [5.41, 5.74) is 4.41. The van der Waals surface area contributed by atoms with Crippen LogP contribution in [0.2, 0.25) is 0 Å². The molecular weight excluding hydrogens is 217 g/mol. The van der Waals surface area contributed by atoms with Gasteiger partial charge in [0.1, 0.15) is 5.82 Å². The minimum Gasteiger partial charge on any atom is -0.448 e. The van der Waals surface area contributed by atoms with Crippen molar-refractivity contribution >= 4 is 24.4 Å². The highest BCUT2D eigenvalue weighted by Gasteiger charge is 2.22. The molecule has 0 radical (unpaired) electrons. The highest BCUT2D eigenvalue weighted by molar-refractivity contribution is 8.00. The zero-order chi connectivity index (χ0) is 10.8. The summed E-state index contributed by atoms with van der Waals surface area (Å²) < 4.78 is 48.3. The molecule has 0 fully saturated rings. The lowest BCUT2D eigenvalue weighted by Gasteiger charge is -2.12. The van der Waals surface area contributed by atoms with E-state index in [2.05, 4.69) is 0 Å². The summed E-state index contributed by atoms with van der Waals surface area (Å²) in [5.74, 6) is -0.623. The maximum Gasteiger partial charge on any atom is 0.488 e. The number of hydrogen-bond donors (Lipinski definition) is 1. The average molecular weight is 224 g/mol. The Hall–Kier alpha value is -0.845. The van der Waals surface area contributed by atoms with Crippen LogP contribution in [0.5, 0.6) is 0 Å². The standard InChI is InChI=1S/C7H7BF4NS/c9-5-1-6(13)3-7(2-5)14-4-8(10,11)12/h1-3H,4,13H2/q-1. The van der Waals surface area contributed by atoms with E-state index in [9.17, 15) is 17.3 Å². The second-order valence-corrected chi connectivity index (χ2v) is 3.84. The predicted octanol–water partition coefficient (Wildman–Crippen LogP) is 2.89. The molecule has 78 valence electrons. The monoisotopic (exact) mass is 224 g/mol. The Morgan fingerprint density at radius 2 is 1.86 bits per heavy atom. The molecule has 0 aromatic heterocycles. The quantitative estimate of drug-likeness (QED) is 0.369. The second kappa shape index (κ2) is 4.12. The van der Waals surface area contributed by atoms with Gasteiger partial charge in [-0.2, -0.15) is 11.8 Å². The zero-order valence-electron chi connectivity index (χ0n) is 7.01. The van der Waals surface area contributed by atoms with Gasteiger partial charge >= 0.3 is 6.98 Å². The number of thioether (sulfide) groups is 1. The smallest absolute Gasteiger partial charge is 0.448 e. The van der Waals surface area contributed by atoms with Crippen molar-refractivity contribution < 1.29 is 17.3 Å². The lowest BCUT2D eigenvalue weighted by Crippen LogP contribution is -2.18. The lowest BCUT2D eigenvalue weighted by molar-refractivity contribution is 0.485. The van der Waals surface area contributed by atoms with Crippen LogP contribution in [0.15, 0.2) is 23.1 Å². The molecule has 0 aliphatic rings. The Morgan fingerprint density at radius 1 is 1.21 bits per heavy atom. The van der Waals surface area contributed by atoms with Crippen LogP contribution in [0.1, 0.15) is 0 Å². The number of anilines is 1. The largest absolute Gasteiger partial charge is 0.488 e. The van der Waals surface area contributed by atoms with Crippen LogP contribution in [-0.4, -0.2) is 12.6 Å². The SMILES string of the molecule is Nc1cc(F)cc(SC[B-](F)(F)F)c1. The van der Waals surface area contributed by atoms with Crippen molar-refractivity contribution in [1.82, 2.24) is 0 Å². The fourth-order valence-corrected chi connectivity index (χ4v) is 1.66. The Bertz CT molecular complexity index is 308. The summed E-state index contributed by atoms with van der Waals surface area (Å²) in [6.45, 7) is -4.85. The minimum atomic E-state index is -4.85. The first-order valence-corrected chi connectivity index (χ1v) is 4.75. The molecule has 0 heterocycles. The maximum atomic E-state index is 12.7. The Morgan fingerprint density at radius 3 is 2.36 bits per heavy atom. The number of benzene rings is 1. The molecule has 1 nitrogen and oxygen atoms in total. The summed E-state index contributed by atoms with van der Waals surface area (Å²) >= 11 is 0.538. The zero-order valence-corrected chi connectivity index (χ0v) is 7.83. The minimum absolute atomic E-state index is 0.127. The molecule has 1 rings (SSSR count). The normalized spacial score (nSPS) is 11.7. The molecule has 0 amide bonds. The molecule has 14 heavy (non-hydrogen) atoms. The third-order valence-corrected chi connectivity index (χ3v) is 2.45. The molecule has 7 heteroatoms. The van der Waals surface area contributed by atoms with Crippen LogP contribution in [0.3, 0.4) is 0 Å². The number of nitrogen functional groups attached to an aromatic ring is 1. The van der Waals surface area contributed by atoms with E-state index in [1.807, 2.05) is 0 Å². The van der Waals surface area contributed by atoms with Crippen molar-refractivity contribution in [2.75, 3.05) is 11.4 Å². The van der Waals surface area contributed by atoms with Crippen LogP contribution in [0, 0.1) is 5.82 Å². The van der Waals surface area contributed by atoms with Gasteiger partial charge in [0, 0.05) is 10.6 Å². The highest BCUT2D eigenvalue weighted by atomic mass is 32.2. The highest BCUT2D eigenvalue weighted by Crippen LogP contribution is 2.26. The molecule has 0 aliphatic carbocycles. The summed E-state index contributed by atoms with van der Waals surface area (Å²) in [6, 6.07) is 3.40. The summed E-state index contributed by atoms with van der Waals surface area (Å²) in [5, 5.41) is 0. The van der Waals surface area contributed by atoms with Gasteiger partial charge in [0.2, 0.25) is 0 Å². The third kappa shape index (κ3) is 3.91. The molecule has 0 aliphatic heterocycles. The van der Waals surface area contributed by atoms with E-state index < -0.39 is 18.4 Å². The first-order chi connectivity index (χ1) is 6.37. The number of rotatable bonds is 3. The molecule has 0 saturated heterocycles. The number of halogens is 4. The van der Waals surface area contributed by atoms with Gasteiger partial charge in [0.25, 0.3) is 0 Å². The Kier molecular flexibility index (Phi) is 3.31. The Labute approximate surface area is 82.7 Å². The van der Waals surface area contributed by atoms with Crippen molar-refractivity contribution in [3.8, 4) is 0 Å². The Balaban J connectivity index is 2.68. The number of nitrogens with two attached hydrogens (primary N) is 1. The van der Waals surface area contributed by atoms with E-state index in [1.165, 1.54) is 6.07 Å². The van der Waals surface area contributed by atoms with Gasteiger partial charge in [-0.05, 0) is 23.9 Å². The van der Waals surface area contributed by atoms with E-state index in [0.717, 1.165) is 12.1 Å². The summed E-state index contributed by atoms with van der Waals surface area (Å²) in [7, 11) is 0. The van der Waals surface area contributed by atoms with Gasteiger partial charge in [-0.25, -0.2) is 4.39 Å². The van der Waals surface area contributed by atoms with Crippen LogP contribution in [0.4, 0.5) is 23.0 Å². The van der Waals surface area contributed by atoms with Gasteiger partial charge in [-0.3, -0.25) is 0 Å². The van der Waals surface area contributed by atoms with Crippen molar-refractivity contribution in [3.05, 3.63) is 24.0 Å². The molecular formula is C7H7BF4NS-. The van der Waals surface area contributed by atoms with E-state index in [-0.39, 0.29) is 10.6 Å². The second-order valence-electron chi connectivity index (χ2n) is 2.74. The van der Waals surface area contributed by atoms with Crippen LogP contribution in [0.25, 0.3) is 0 Å². The van der Waals surface area contributed by atoms with Gasteiger partial charge in [0.05, 0.1) is 0 Å². The van der Waals surface area contributed by atoms with Crippen LogP contribution in [-0.2, 0) is 0 Å². The van der Waals surface area contributed by atoms with Crippen molar-refractivity contribution in [1.29, 1.82) is 0 Å². The van der Waals surface area contributed by atoms with Crippen molar-refractivity contribution in [2.45, 2.75) is 4.90 Å². The van der Waals surface area contributed by atoms with Crippen LogP contribution >= 0.6 is 11.8 Å². The van der Waals surface area contributed by atoms with E-state index in [4.69, 9.17) is 5.73 Å². The topological polar surface area (TPSA) is 26.0 Å². The number of hydrogen-bond acceptors (Lipinski definition) is 2. The average Bonchev–Trinajstić information content (AvgIpc) is 1.97. The van der Waals surface area contributed by atoms with E-state index in [0.29, 0.717) is 11.8 Å². The maximum absolute atomic E-state index is 12.7. The van der Waals surface area contributed by atoms with E-state index in [1.54, 1.807) is 0 Å². The first kappa shape index (κ1) is 11.2. The van der Waals surface area contributed by atoms with Crippen LogP contribution < -0.4 is 5.73 Å². The summed E-state index contributed by atoms with van der Waals surface area (Å²) in [4.78, 5) is 0.196. The fraction of sp³-hybridized carbons (Fsp3) is 0.143. The van der Waals surface area contributed by atoms with Gasteiger partial charge in [0.15, 0.2) is 0 Å². The van der Waals surface area contributed by atoms with E-state index >= 15 is 0 Å². The molecule has 2 N–H and O–H groups in total. The van der Waals surface area contributed by atoms with Gasteiger partial charge < -0.3 is 18.7 Å². The molecule has 0 atom stereocenters. The molecule has 0 bridgehead atoms. The van der Waals surface area contributed by atoms with Crippen molar-refractivity contribution in [2.24, 2.45) is 0 Å². The predicted molar refractivity (Wildman–Crippen MR) is 50.6 cm³/mol. The molecule has 1 aromatic carbocycles. The molecule has 1 aromatic rings. The molecule has 0 saturated carbocycles.